The van der Waals surface area contributed by atoms with Crippen LogP contribution in [-0.2, 0) is 9.84 Å². The second kappa shape index (κ2) is 6.10. The first-order valence-corrected chi connectivity index (χ1v) is 10.5. The lowest BCUT2D eigenvalue weighted by atomic mass is 10.0. The van der Waals surface area contributed by atoms with Gasteiger partial charge in [0.25, 0.3) is 5.56 Å². The largest absolute Gasteiger partial charge is 0.384 e. The first kappa shape index (κ1) is 17.6. The molecule has 1 aliphatic rings. The maximum absolute atomic E-state index is 12.5. The first-order chi connectivity index (χ1) is 12.8. The van der Waals surface area contributed by atoms with Crippen LogP contribution in [0.2, 0.25) is 0 Å². The molecule has 4 rings (SSSR count). The summed E-state index contributed by atoms with van der Waals surface area (Å²) in [6, 6.07) is 7.55. The summed E-state index contributed by atoms with van der Waals surface area (Å²) < 4.78 is 29.8. The Hall–Kier alpha value is -2.85. The van der Waals surface area contributed by atoms with Gasteiger partial charge in [0.1, 0.15) is 5.82 Å². The van der Waals surface area contributed by atoms with Crippen LogP contribution in [-0.4, -0.2) is 33.6 Å². The van der Waals surface area contributed by atoms with E-state index in [0.29, 0.717) is 0 Å². The number of nitrogen functional groups attached to an aromatic ring is 1. The lowest BCUT2D eigenvalue weighted by Crippen LogP contribution is -2.19. The van der Waals surface area contributed by atoms with Gasteiger partial charge in [-0.05, 0) is 19.1 Å². The second-order valence-corrected chi connectivity index (χ2v) is 8.88. The van der Waals surface area contributed by atoms with Gasteiger partial charge >= 0.3 is 0 Å². The number of aliphatic imine (C=N–C) groups is 1. The second-order valence-electron chi connectivity index (χ2n) is 5.97. The number of benzene rings is 1. The molecule has 0 spiro atoms. The molecule has 3 heterocycles. The number of sulfone groups is 1. The first-order valence-electron chi connectivity index (χ1n) is 8.11. The molecular formula is C17H15N5O3S2. The quantitative estimate of drug-likeness (QED) is 0.718. The SMILES string of the molecule is CCS(=O)(=O)c1nsc2nc(=O)c(C=C3C(C)=Nc4ccccc43)c(N)n12. The molecule has 10 heteroatoms. The van der Waals surface area contributed by atoms with Gasteiger partial charge in [0.2, 0.25) is 20.0 Å². The summed E-state index contributed by atoms with van der Waals surface area (Å²) in [5, 5.41) is -0.202. The topological polar surface area (TPSA) is 120 Å². The molecule has 2 N–H and O–H groups in total. The molecule has 0 bridgehead atoms. The number of para-hydroxylation sites is 1. The summed E-state index contributed by atoms with van der Waals surface area (Å²) in [6.45, 7) is 3.36. The Bertz CT molecular complexity index is 1320. The third kappa shape index (κ3) is 2.68. The number of rotatable bonds is 3. The number of nitrogens with two attached hydrogens (primary N) is 1. The highest BCUT2D eigenvalue weighted by Gasteiger charge is 2.24. The average molecular weight is 401 g/mol. The molecule has 0 saturated carbocycles. The van der Waals surface area contributed by atoms with Crippen molar-refractivity contribution in [3.8, 4) is 0 Å². The van der Waals surface area contributed by atoms with Gasteiger partial charge in [0.15, 0.2) is 0 Å². The molecule has 8 nitrogen and oxygen atoms in total. The number of fused-ring (bicyclic) bond motifs is 2. The highest BCUT2D eigenvalue weighted by atomic mass is 32.2. The predicted octanol–water partition coefficient (Wildman–Crippen LogP) is 2.17. The maximum atomic E-state index is 12.5. The number of hydrogen-bond donors (Lipinski definition) is 1. The average Bonchev–Trinajstić information content (AvgIpc) is 3.20. The van der Waals surface area contributed by atoms with Crippen molar-refractivity contribution in [2.75, 3.05) is 11.5 Å². The zero-order valence-corrected chi connectivity index (χ0v) is 16.1. The molecule has 0 aliphatic carbocycles. The van der Waals surface area contributed by atoms with Crippen LogP contribution in [0.5, 0.6) is 0 Å². The van der Waals surface area contributed by atoms with Gasteiger partial charge < -0.3 is 5.73 Å². The molecule has 0 unspecified atom stereocenters. The van der Waals surface area contributed by atoms with Crippen LogP contribution in [0.25, 0.3) is 16.6 Å². The minimum Gasteiger partial charge on any atom is -0.384 e. The summed E-state index contributed by atoms with van der Waals surface area (Å²) in [5.41, 5.74) is 8.95. The summed E-state index contributed by atoms with van der Waals surface area (Å²) in [4.78, 5) is 21.1. The molecular weight excluding hydrogens is 386 g/mol. The minimum absolute atomic E-state index is 0.00421. The number of aromatic nitrogens is 3. The zero-order chi connectivity index (χ0) is 19.3. The summed E-state index contributed by atoms with van der Waals surface area (Å²) in [7, 11) is -3.62. The van der Waals surface area contributed by atoms with Crippen LogP contribution in [0.15, 0.2) is 39.2 Å². The van der Waals surface area contributed by atoms with E-state index in [1.54, 1.807) is 6.08 Å². The number of anilines is 1. The van der Waals surface area contributed by atoms with Gasteiger partial charge in [-0.25, -0.2) is 12.8 Å². The van der Waals surface area contributed by atoms with Crippen molar-refractivity contribution in [2.45, 2.75) is 19.0 Å². The molecule has 1 aliphatic heterocycles. The normalized spacial score (nSPS) is 15.3. The molecule has 3 aromatic rings. The van der Waals surface area contributed by atoms with Crippen LogP contribution >= 0.6 is 11.5 Å². The van der Waals surface area contributed by atoms with E-state index in [4.69, 9.17) is 5.73 Å². The Labute approximate surface area is 158 Å². The van der Waals surface area contributed by atoms with Gasteiger partial charge in [-0.1, -0.05) is 25.1 Å². The fourth-order valence-electron chi connectivity index (χ4n) is 2.92. The van der Waals surface area contributed by atoms with Crippen LogP contribution in [0, 0.1) is 0 Å². The van der Waals surface area contributed by atoms with Crippen molar-refractivity contribution in [2.24, 2.45) is 4.99 Å². The predicted molar refractivity (Wildman–Crippen MR) is 106 cm³/mol. The van der Waals surface area contributed by atoms with Gasteiger partial charge in [-0.2, -0.15) is 9.36 Å². The fourth-order valence-corrected chi connectivity index (χ4v) is 4.90. The number of nitrogens with zero attached hydrogens (tertiary/aromatic N) is 4. The zero-order valence-electron chi connectivity index (χ0n) is 14.5. The molecule has 1 aromatic carbocycles. The van der Waals surface area contributed by atoms with E-state index in [1.807, 2.05) is 31.2 Å². The van der Waals surface area contributed by atoms with Crippen molar-refractivity contribution >= 4 is 55.2 Å². The van der Waals surface area contributed by atoms with E-state index in [2.05, 4.69) is 14.3 Å². The van der Waals surface area contributed by atoms with E-state index >= 15 is 0 Å². The van der Waals surface area contributed by atoms with Crippen LogP contribution in [0.3, 0.4) is 0 Å². The van der Waals surface area contributed by atoms with Crippen LogP contribution in [0.1, 0.15) is 25.0 Å². The Morgan fingerprint density at radius 3 is 2.78 bits per heavy atom. The van der Waals surface area contributed by atoms with Crippen LogP contribution in [0.4, 0.5) is 11.5 Å². The lowest BCUT2D eigenvalue weighted by Gasteiger charge is -2.07. The van der Waals surface area contributed by atoms with Gasteiger partial charge in [0, 0.05) is 28.4 Å². The molecule has 0 radical (unpaired) electrons. The van der Waals surface area contributed by atoms with Gasteiger partial charge in [0.05, 0.1) is 17.0 Å². The Morgan fingerprint density at radius 1 is 1.30 bits per heavy atom. The van der Waals surface area contributed by atoms with Gasteiger partial charge in [-0.3, -0.25) is 9.79 Å². The smallest absolute Gasteiger partial charge is 0.283 e. The Morgan fingerprint density at radius 2 is 2.04 bits per heavy atom. The molecule has 0 atom stereocenters. The minimum atomic E-state index is -3.62. The standard InChI is InChI=1S/C17H15N5O3S2/c1-3-27(24,25)17-21-26-16-20-15(23)12(14(18)22(16)17)8-11-9(2)19-13-7-5-4-6-10(11)13/h4-8H,3,18H2,1-2H3. The molecule has 0 amide bonds. The van der Waals surface area contributed by atoms with Gasteiger partial charge in [-0.15, -0.1) is 0 Å². The van der Waals surface area contributed by atoms with Crippen molar-refractivity contribution in [1.82, 2.24) is 13.8 Å². The van der Waals surface area contributed by atoms with Crippen LogP contribution < -0.4 is 11.3 Å². The maximum Gasteiger partial charge on any atom is 0.283 e. The van der Waals surface area contributed by atoms with E-state index < -0.39 is 15.4 Å². The fraction of sp³-hybridized carbons (Fsp3) is 0.176. The van der Waals surface area contributed by atoms with E-state index in [0.717, 1.165) is 34.1 Å². The van der Waals surface area contributed by atoms with Crippen molar-refractivity contribution in [1.29, 1.82) is 0 Å². The molecule has 2 aromatic heterocycles. The van der Waals surface area contributed by atoms with Crippen molar-refractivity contribution < 1.29 is 8.42 Å². The molecule has 27 heavy (non-hydrogen) atoms. The summed E-state index contributed by atoms with van der Waals surface area (Å²) in [5.74, 6) is -0.136. The molecule has 0 fully saturated rings. The Balaban J connectivity index is 2.00. The highest BCUT2D eigenvalue weighted by Crippen LogP contribution is 2.36. The monoisotopic (exact) mass is 401 g/mol. The van der Waals surface area contributed by atoms with E-state index in [1.165, 1.54) is 11.3 Å². The lowest BCUT2D eigenvalue weighted by molar-refractivity contribution is 0.588. The summed E-state index contributed by atoms with van der Waals surface area (Å²) >= 11 is 0.823. The molecule has 138 valence electrons. The van der Waals surface area contributed by atoms with Crippen molar-refractivity contribution in [3.63, 3.8) is 0 Å². The third-order valence-electron chi connectivity index (χ3n) is 4.35. The number of hydrogen-bond acceptors (Lipinski definition) is 8. The molecule has 0 saturated heterocycles. The number of allylic oxidation sites excluding steroid dienone is 1. The van der Waals surface area contributed by atoms with E-state index in [-0.39, 0.29) is 27.3 Å². The van der Waals surface area contributed by atoms with Crippen molar-refractivity contribution in [3.05, 3.63) is 45.7 Å². The third-order valence-corrected chi connectivity index (χ3v) is 6.76. The Kier molecular flexibility index (Phi) is 3.97. The summed E-state index contributed by atoms with van der Waals surface area (Å²) in [6.07, 6.45) is 1.61. The van der Waals surface area contributed by atoms with E-state index in [9.17, 15) is 13.2 Å². The highest BCUT2D eigenvalue weighted by molar-refractivity contribution is 7.91.